The molecule has 116 valence electrons. The molecule has 0 aliphatic rings. The minimum atomic E-state index is -0.866. The molecule has 0 bridgehead atoms. The van der Waals surface area contributed by atoms with Gasteiger partial charge in [0.25, 0.3) is 0 Å². The Bertz CT molecular complexity index is 598. The van der Waals surface area contributed by atoms with Crippen molar-refractivity contribution in [2.24, 2.45) is 0 Å². The van der Waals surface area contributed by atoms with Crippen LogP contribution < -0.4 is 5.32 Å². The van der Waals surface area contributed by atoms with E-state index in [4.69, 9.17) is 0 Å². The fraction of sp³-hybridized carbons (Fsp3) is 0.278. The molecule has 0 spiro atoms. The van der Waals surface area contributed by atoms with Crippen LogP contribution in [0.25, 0.3) is 0 Å². The summed E-state index contributed by atoms with van der Waals surface area (Å²) >= 11 is 0. The summed E-state index contributed by atoms with van der Waals surface area (Å²) in [5, 5.41) is 12.5. The first-order chi connectivity index (χ1) is 10.5. The molecular weight excluding hydrogens is 281 g/mol. The average Bonchev–Trinajstić information content (AvgIpc) is 2.50. The molecule has 2 N–H and O–H groups in total. The van der Waals surface area contributed by atoms with Crippen LogP contribution in [0, 0.1) is 5.82 Å². The van der Waals surface area contributed by atoms with Crippen LogP contribution in [0.15, 0.2) is 54.6 Å². The van der Waals surface area contributed by atoms with Gasteiger partial charge in [0, 0.05) is 6.04 Å². The minimum Gasteiger partial charge on any atom is -0.480 e. The first kappa shape index (κ1) is 16.2. The van der Waals surface area contributed by atoms with Gasteiger partial charge >= 0.3 is 5.97 Å². The monoisotopic (exact) mass is 301 g/mol. The second-order valence-electron chi connectivity index (χ2n) is 5.48. The van der Waals surface area contributed by atoms with E-state index >= 15 is 0 Å². The second-order valence-corrected chi connectivity index (χ2v) is 5.48. The molecule has 0 radical (unpaired) electrons. The van der Waals surface area contributed by atoms with Crippen molar-refractivity contribution in [1.82, 2.24) is 5.32 Å². The van der Waals surface area contributed by atoms with Crippen molar-refractivity contribution in [3.05, 3.63) is 71.5 Å². The molecule has 2 aromatic rings. The van der Waals surface area contributed by atoms with Crippen LogP contribution in [0.4, 0.5) is 4.39 Å². The molecule has 2 aromatic carbocycles. The first-order valence-corrected chi connectivity index (χ1v) is 7.32. The van der Waals surface area contributed by atoms with Crippen LogP contribution in [0.5, 0.6) is 0 Å². The van der Waals surface area contributed by atoms with Crippen molar-refractivity contribution >= 4 is 5.97 Å². The SMILES string of the molecule is CC(Cc1ccc(F)cc1)N[C@@H](Cc1ccccc1)C(=O)O. The maximum absolute atomic E-state index is 12.9. The molecule has 0 aliphatic carbocycles. The molecule has 0 amide bonds. The molecular formula is C18H20FNO2. The van der Waals surface area contributed by atoms with E-state index in [1.165, 1.54) is 12.1 Å². The standard InChI is InChI=1S/C18H20FNO2/c1-13(11-15-7-9-16(19)10-8-15)20-17(18(21)22)12-14-5-3-2-4-6-14/h2-10,13,17,20H,11-12H2,1H3,(H,21,22)/t13?,17-/m0/s1. The summed E-state index contributed by atoms with van der Waals surface area (Å²) in [6.07, 6.45) is 1.09. The van der Waals surface area contributed by atoms with E-state index in [1.807, 2.05) is 37.3 Å². The summed E-state index contributed by atoms with van der Waals surface area (Å²) < 4.78 is 12.9. The molecule has 0 aliphatic heterocycles. The van der Waals surface area contributed by atoms with E-state index < -0.39 is 12.0 Å². The summed E-state index contributed by atoms with van der Waals surface area (Å²) in [7, 11) is 0. The van der Waals surface area contributed by atoms with Crippen molar-refractivity contribution < 1.29 is 14.3 Å². The number of benzene rings is 2. The van der Waals surface area contributed by atoms with Gasteiger partial charge in [0.1, 0.15) is 11.9 Å². The quantitative estimate of drug-likeness (QED) is 0.826. The number of carboxylic acids is 1. The zero-order chi connectivity index (χ0) is 15.9. The zero-order valence-electron chi connectivity index (χ0n) is 12.5. The van der Waals surface area contributed by atoms with Crippen LogP contribution in [-0.2, 0) is 17.6 Å². The summed E-state index contributed by atoms with van der Waals surface area (Å²) in [5.41, 5.74) is 1.96. The number of carboxylic acid groups (broad SMARTS) is 1. The van der Waals surface area contributed by atoms with E-state index in [0.29, 0.717) is 12.8 Å². The van der Waals surface area contributed by atoms with Crippen molar-refractivity contribution in [3.63, 3.8) is 0 Å². The number of halogens is 1. The molecule has 3 nitrogen and oxygen atoms in total. The molecule has 2 atom stereocenters. The second kappa shape index (κ2) is 7.71. The van der Waals surface area contributed by atoms with Crippen molar-refractivity contribution in [3.8, 4) is 0 Å². The third-order valence-electron chi connectivity index (χ3n) is 3.52. The molecule has 0 fully saturated rings. The minimum absolute atomic E-state index is 0.0183. The highest BCUT2D eigenvalue weighted by atomic mass is 19.1. The van der Waals surface area contributed by atoms with E-state index in [0.717, 1.165) is 11.1 Å². The van der Waals surface area contributed by atoms with Gasteiger partial charge in [0.05, 0.1) is 0 Å². The Morgan fingerprint density at radius 1 is 1.05 bits per heavy atom. The largest absolute Gasteiger partial charge is 0.480 e. The number of nitrogens with one attached hydrogen (secondary N) is 1. The molecule has 1 unspecified atom stereocenters. The topological polar surface area (TPSA) is 49.3 Å². The summed E-state index contributed by atoms with van der Waals surface area (Å²) in [4.78, 5) is 11.4. The average molecular weight is 301 g/mol. The Morgan fingerprint density at radius 2 is 1.64 bits per heavy atom. The number of carbonyl (C=O) groups is 1. The fourth-order valence-corrected chi connectivity index (χ4v) is 2.44. The van der Waals surface area contributed by atoms with E-state index in [2.05, 4.69) is 5.32 Å². The lowest BCUT2D eigenvalue weighted by molar-refractivity contribution is -0.139. The molecule has 0 heterocycles. The van der Waals surface area contributed by atoms with Crippen molar-refractivity contribution in [2.75, 3.05) is 0 Å². The lowest BCUT2D eigenvalue weighted by Crippen LogP contribution is -2.44. The van der Waals surface area contributed by atoms with Gasteiger partial charge in [-0.3, -0.25) is 4.79 Å². The van der Waals surface area contributed by atoms with Gasteiger partial charge in [-0.25, -0.2) is 4.39 Å². The maximum Gasteiger partial charge on any atom is 0.321 e. The summed E-state index contributed by atoms with van der Waals surface area (Å²) in [5.74, 6) is -1.13. The predicted octanol–water partition coefficient (Wildman–Crippen LogP) is 3.04. The van der Waals surface area contributed by atoms with Crippen LogP contribution in [0.3, 0.4) is 0 Å². The summed E-state index contributed by atoms with van der Waals surface area (Å²) in [6, 6.07) is 15.2. The normalized spacial score (nSPS) is 13.5. The molecule has 2 rings (SSSR count). The van der Waals surface area contributed by atoms with Gasteiger partial charge in [0.15, 0.2) is 0 Å². The van der Waals surface area contributed by atoms with Gasteiger partial charge in [-0.05, 0) is 43.0 Å². The first-order valence-electron chi connectivity index (χ1n) is 7.32. The van der Waals surface area contributed by atoms with Crippen LogP contribution in [0.1, 0.15) is 18.1 Å². The van der Waals surface area contributed by atoms with Crippen LogP contribution in [-0.4, -0.2) is 23.2 Å². The fourth-order valence-electron chi connectivity index (χ4n) is 2.44. The Hall–Kier alpha value is -2.20. The number of rotatable bonds is 7. The van der Waals surface area contributed by atoms with Crippen LogP contribution in [0.2, 0.25) is 0 Å². The van der Waals surface area contributed by atoms with Crippen LogP contribution >= 0.6 is 0 Å². The Morgan fingerprint density at radius 3 is 2.23 bits per heavy atom. The van der Waals surface area contributed by atoms with E-state index in [-0.39, 0.29) is 11.9 Å². The van der Waals surface area contributed by atoms with Crippen molar-refractivity contribution in [1.29, 1.82) is 0 Å². The maximum atomic E-state index is 12.9. The summed E-state index contributed by atoms with van der Waals surface area (Å²) in [6.45, 7) is 1.93. The van der Waals surface area contributed by atoms with Gasteiger partial charge in [0.2, 0.25) is 0 Å². The van der Waals surface area contributed by atoms with Gasteiger partial charge in [-0.1, -0.05) is 42.5 Å². The lowest BCUT2D eigenvalue weighted by Gasteiger charge is -2.20. The third kappa shape index (κ3) is 4.97. The van der Waals surface area contributed by atoms with E-state index in [1.54, 1.807) is 12.1 Å². The molecule has 22 heavy (non-hydrogen) atoms. The van der Waals surface area contributed by atoms with Gasteiger partial charge in [-0.15, -0.1) is 0 Å². The number of hydrogen-bond donors (Lipinski definition) is 2. The predicted molar refractivity (Wildman–Crippen MR) is 84.3 cm³/mol. The Kier molecular flexibility index (Phi) is 5.67. The molecule has 4 heteroatoms. The lowest BCUT2D eigenvalue weighted by atomic mass is 10.0. The highest BCUT2D eigenvalue weighted by Crippen LogP contribution is 2.08. The third-order valence-corrected chi connectivity index (χ3v) is 3.52. The number of aliphatic carboxylic acids is 1. The van der Waals surface area contributed by atoms with E-state index in [9.17, 15) is 14.3 Å². The smallest absolute Gasteiger partial charge is 0.321 e. The Balaban J connectivity index is 1.95. The molecule has 0 saturated heterocycles. The van der Waals surface area contributed by atoms with Crippen molar-refractivity contribution in [2.45, 2.75) is 31.8 Å². The van der Waals surface area contributed by atoms with Gasteiger partial charge in [-0.2, -0.15) is 0 Å². The highest BCUT2D eigenvalue weighted by Gasteiger charge is 2.20. The highest BCUT2D eigenvalue weighted by molar-refractivity contribution is 5.74. The molecule has 0 aromatic heterocycles. The van der Waals surface area contributed by atoms with Gasteiger partial charge < -0.3 is 10.4 Å². The number of hydrogen-bond acceptors (Lipinski definition) is 2. The molecule has 0 saturated carbocycles. The zero-order valence-corrected chi connectivity index (χ0v) is 12.5. The Labute approximate surface area is 129 Å².